The van der Waals surface area contributed by atoms with E-state index in [2.05, 4.69) is 32.5 Å². The van der Waals surface area contributed by atoms with Gasteiger partial charge >= 0.3 is 0 Å². The monoisotopic (exact) mass is 453 g/mol. The SMILES string of the molecule is C=CC(=O)Nc1cccc(Nc2nc(Nc3ccc(CCC(C)(C)O)c(F)c3)ncc2F)c1. The van der Waals surface area contributed by atoms with Crippen molar-refractivity contribution in [2.75, 3.05) is 16.0 Å². The molecule has 4 N–H and O–H groups in total. The number of rotatable bonds is 9. The van der Waals surface area contributed by atoms with Crippen molar-refractivity contribution in [1.29, 1.82) is 0 Å². The summed E-state index contributed by atoms with van der Waals surface area (Å²) in [5.41, 5.74) is 0.978. The number of benzene rings is 2. The Kier molecular flexibility index (Phi) is 7.34. The molecule has 3 rings (SSSR count). The summed E-state index contributed by atoms with van der Waals surface area (Å²) in [5, 5.41) is 18.1. The van der Waals surface area contributed by atoms with Crippen molar-refractivity contribution in [3.8, 4) is 0 Å². The number of carbonyl (C=O) groups excluding carboxylic acids is 1. The third-order valence-corrected chi connectivity index (χ3v) is 4.64. The molecule has 1 aromatic heterocycles. The van der Waals surface area contributed by atoms with E-state index in [0.29, 0.717) is 35.5 Å². The Morgan fingerprint density at radius 3 is 2.52 bits per heavy atom. The van der Waals surface area contributed by atoms with Crippen molar-refractivity contribution in [3.05, 3.63) is 78.5 Å². The Hall–Kier alpha value is -3.85. The molecule has 7 nitrogen and oxygen atoms in total. The summed E-state index contributed by atoms with van der Waals surface area (Å²) in [6, 6.07) is 11.2. The number of aliphatic hydroxyl groups is 1. The van der Waals surface area contributed by atoms with E-state index in [1.807, 2.05) is 0 Å². The second kappa shape index (κ2) is 10.2. The van der Waals surface area contributed by atoms with Gasteiger partial charge in [-0.3, -0.25) is 4.79 Å². The fraction of sp³-hybridized carbons (Fsp3) is 0.208. The number of aromatic nitrogens is 2. The van der Waals surface area contributed by atoms with Crippen molar-refractivity contribution in [2.24, 2.45) is 0 Å². The van der Waals surface area contributed by atoms with Crippen molar-refractivity contribution in [2.45, 2.75) is 32.3 Å². The fourth-order valence-electron chi connectivity index (χ4n) is 2.92. The number of hydrogen-bond donors (Lipinski definition) is 4. The first kappa shape index (κ1) is 23.8. The zero-order valence-electron chi connectivity index (χ0n) is 18.3. The highest BCUT2D eigenvalue weighted by Crippen LogP contribution is 2.24. The molecule has 1 heterocycles. The second-order valence-corrected chi connectivity index (χ2v) is 8.03. The van der Waals surface area contributed by atoms with E-state index in [9.17, 15) is 18.7 Å². The Morgan fingerprint density at radius 2 is 1.82 bits per heavy atom. The topological polar surface area (TPSA) is 99.2 Å². The molecule has 33 heavy (non-hydrogen) atoms. The minimum absolute atomic E-state index is 0.0682. The zero-order valence-corrected chi connectivity index (χ0v) is 18.3. The minimum atomic E-state index is -0.883. The quantitative estimate of drug-likeness (QED) is 0.338. The van der Waals surface area contributed by atoms with E-state index >= 15 is 0 Å². The summed E-state index contributed by atoms with van der Waals surface area (Å²) in [6.45, 7) is 6.74. The summed E-state index contributed by atoms with van der Waals surface area (Å²) < 4.78 is 28.7. The van der Waals surface area contributed by atoms with Gasteiger partial charge in [0.2, 0.25) is 11.9 Å². The van der Waals surface area contributed by atoms with Crippen molar-refractivity contribution in [3.63, 3.8) is 0 Å². The Bertz CT molecular complexity index is 1160. The molecular weight excluding hydrogens is 428 g/mol. The van der Waals surface area contributed by atoms with Crippen LogP contribution in [0, 0.1) is 11.6 Å². The highest BCUT2D eigenvalue weighted by Gasteiger charge is 2.14. The predicted molar refractivity (Wildman–Crippen MR) is 125 cm³/mol. The number of halogens is 2. The van der Waals surface area contributed by atoms with Gasteiger partial charge in [0.05, 0.1) is 11.8 Å². The average molecular weight is 453 g/mol. The maximum atomic E-state index is 14.4. The number of nitrogens with zero attached hydrogens (tertiary/aromatic N) is 2. The molecule has 0 aliphatic rings. The number of aryl methyl sites for hydroxylation is 1. The van der Waals surface area contributed by atoms with Crippen LogP contribution in [0.3, 0.4) is 0 Å². The van der Waals surface area contributed by atoms with E-state index in [1.165, 1.54) is 6.07 Å². The van der Waals surface area contributed by atoms with E-state index in [4.69, 9.17) is 0 Å². The molecule has 0 aliphatic carbocycles. The molecule has 0 unspecified atom stereocenters. The molecule has 0 atom stereocenters. The van der Waals surface area contributed by atoms with Crippen LogP contribution in [0.2, 0.25) is 0 Å². The molecule has 172 valence electrons. The lowest BCUT2D eigenvalue weighted by molar-refractivity contribution is -0.111. The highest BCUT2D eigenvalue weighted by atomic mass is 19.1. The van der Waals surface area contributed by atoms with Crippen molar-refractivity contribution < 1.29 is 18.7 Å². The molecule has 0 saturated carbocycles. The Morgan fingerprint density at radius 1 is 1.09 bits per heavy atom. The summed E-state index contributed by atoms with van der Waals surface area (Å²) in [7, 11) is 0. The standard InChI is InChI=1S/C24H25F2N5O2/c1-4-21(32)28-16-6-5-7-17(12-16)29-22-20(26)14-27-23(31-22)30-18-9-8-15(19(25)13-18)10-11-24(2,3)33/h4-9,12-14,33H,1,10-11H2,2-3H3,(H,28,32)(H2,27,29,30,31). The molecule has 0 bridgehead atoms. The second-order valence-electron chi connectivity index (χ2n) is 8.03. The molecule has 9 heteroatoms. The Labute approximate surface area is 190 Å². The van der Waals surface area contributed by atoms with Crippen LogP contribution in [-0.2, 0) is 11.2 Å². The van der Waals surface area contributed by atoms with Crippen LogP contribution in [0.25, 0.3) is 0 Å². The molecule has 0 fully saturated rings. The van der Waals surface area contributed by atoms with E-state index in [-0.39, 0.29) is 17.7 Å². The first-order chi connectivity index (χ1) is 15.6. The molecule has 3 aromatic rings. The summed E-state index contributed by atoms with van der Waals surface area (Å²) in [4.78, 5) is 19.5. The van der Waals surface area contributed by atoms with Gasteiger partial charge in [-0.05, 0) is 68.7 Å². The van der Waals surface area contributed by atoms with Gasteiger partial charge in [0.25, 0.3) is 0 Å². The van der Waals surface area contributed by atoms with Gasteiger partial charge < -0.3 is 21.1 Å². The Balaban J connectivity index is 1.73. The van der Waals surface area contributed by atoms with Gasteiger partial charge in [-0.15, -0.1) is 0 Å². The molecule has 0 radical (unpaired) electrons. The summed E-state index contributed by atoms with van der Waals surface area (Å²) in [6.07, 6.45) is 2.95. The van der Waals surface area contributed by atoms with Crippen LogP contribution in [0.15, 0.2) is 61.3 Å². The number of amides is 1. The predicted octanol–water partition coefficient (Wildman–Crippen LogP) is 5.07. The number of carbonyl (C=O) groups is 1. The fourth-order valence-corrected chi connectivity index (χ4v) is 2.92. The molecule has 0 spiro atoms. The maximum absolute atomic E-state index is 14.4. The lowest BCUT2D eigenvalue weighted by Crippen LogP contribution is -2.19. The summed E-state index contributed by atoms with van der Waals surface area (Å²) in [5.74, 6) is -1.51. The van der Waals surface area contributed by atoms with E-state index in [1.54, 1.807) is 50.2 Å². The number of nitrogens with one attached hydrogen (secondary N) is 3. The lowest BCUT2D eigenvalue weighted by Gasteiger charge is -2.17. The van der Waals surface area contributed by atoms with Crippen LogP contribution < -0.4 is 16.0 Å². The average Bonchev–Trinajstić information content (AvgIpc) is 2.75. The maximum Gasteiger partial charge on any atom is 0.247 e. The van der Waals surface area contributed by atoms with Crippen LogP contribution >= 0.6 is 0 Å². The molecule has 0 aliphatic heterocycles. The van der Waals surface area contributed by atoms with Gasteiger partial charge in [-0.1, -0.05) is 18.7 Å². The third-order valence-electron chi connectivity index (χ3n) is 4.64. The van der Waals surface area contributed by atoms with Crippen LogP contribution in [0.4, 0.5) is 37.6 Å². The lowest BCUT2D eigenvalue weighted by atomic mass is 9.98. The van der Waals surface area contributed by atoms with E-state index in [0.717, 1.165) is 12.3 Å². The molecular formula is C24H25F2N5O2. The van der Waals surface area contributed by atoms with Crippen molar-refractivity contribution >= 4 is 34.7 Å². The van der Waals surface area contributed by atoms with E-state index < -0.39 is 17.2 Å². The molecule has 0 saturated heterocycles. The normalized spacial score (nSPS) is 11.1. The van der Waals surface area contributed by atoms with Gasteiger partial charge in [-0.2, -0.15) is 4.98 Å². The third kappa shape index (κ3) is 7.08. The zero-order chi connectivity index (χ0) is 24.0. The van der Waals surface area contributed by atoms with Crippen molar-refractivity contribution in [1.82, 2.24) is 9.97 Å². The van der Waals surface area contributed by atoms with Gasteiger partial charge in [0.15, 0.2) is 11.6 Å². The first-order valence-electron chi connectivity index (χ1n) is 10.2. The smallest absolute Gasteiger partial charge is 0.247 e. The van der Waals surface area contributed by atoms with Gasteiger partial charge in [-0.25, -0.2) is 13.8 Å². The first-order valence-corrected chi connectivity index (χ1v) is 10.2. The van der Waals surface area contributed by atoms with Crippen LogP contribution in [0.1, 0.15) is 25.8 Å². The number of anilines is 5. The number of hydrogen-bond acceptors (Lipinski definition) is 6. The molecule has 2 aromatic carbocycles. The van der Waals surface area contributed by atoms with Gasteiger partial charge in [0, 0.05) is 17.1 Å². The molecule has 1 amide bonds. The van der Waals surface area contributed by atoms with Gasteiger partial charge in [0.1, 0.15) is 5.82 Å². The largest absolute Gasteiger partial charge is 0.390 e. The summed E-state index contributed by atoms with van der Waals surface area (Å²) >= 11 is 0. The minimum Gasteiger partial charge on any atom is -0.390 e. The van der Waals surface area contributed by atoms with Crippen LogP contribution in [-0.4, -0.2) is 26.6 Å². The van der Waals surface area contributed by atoms with Crippen LogP contribution in [0.5, 0.6) is 0 Å². The highest BCUT2D eigenvalue weighted by molar-refractivity contribution is 5.99.